The third kappa shape index (κ3) is 9.58. The van der Waals surface area contributed by atoms with Gasteiger partial charge >= 0.3 is 0 Å². The molecule has 0 aliphatic rings. The molecule has 0 aromatic heterocycles. The molecular weight excluding hydrogens is 256 g/mol. The normalized spacial score (nSPS) is 11.5. The molecule has 0 unspecified atom stereocenters. The van der Waals surface area contributed by atoms with Gasteiger partial charge in [-0.3, -0.25) is 0 Å². The molecule has 0 saturated heterocycles. The van der Waals surface area contributed by atoms with Crippen LogP contribution >= 0.6 is 0 Å². The Bertz CT molecular complexity index is 224. The van der Waals surface area contributed by atoms with Crippen LogP contribution in [-0.4, -0.2) is 8.07 Å². The van der Waals surface area contributed by atoms with Crippen molar-refractivity contribution in [3.8, 4) is 0 Å². The van der Waals surface area contributed by atoms with Crippen molar-refractivity contribution in [3.05, 3.63) is 24.6 Å². The second-order valence-corrected chi connectivity index (χ2v) is 10.6. The van der Waals surface area contributed by atoms with Gasteiger partial charge in [-0.25, -0.2) is 0 Å². The second kappa shape index (κ2) is 13.7. The lowest BCUT2D eigenvalue weighted by Gasteiger charge is -2.24. The fourth-order valence-electron chi connectivity index (χ4n) is 2.91. The molecule has 0 aromatic rings. The summed E-state index contributed by atoms with van der Waals surface area (Å²) in [6.45, 7) is 12.8. The Labute approximate surface area is 129 Å². The first-order valence-electron chi connectivity index (χ1n) is 9.02. The van der Waals surface area contributed by atoms with E-state index in [9.17, 15) is 0 Å². The number of hydrogen-bond acceptors (Lipinski definition) is 0. The molecule has 0 nitrogen and oxygen atoms in total. The highest BCUT2D eigenvalue weighted by atomic mass is 28.3. The third-order valence-corrected chi connectivity index (χ3v) is 8.75. The molecule has 0 aliphatic carbocycles. The van der Waals surface area contributed by atoms with E-state index < -0.39 is 8.07 Å². The Hall–Kier alpha value is -0.303. The minimum atomic E-state index is -1.34. The topological polar surface area (TPSA) is 0 Å². The van der Waals surface area contributed by atoms with Gasteiger partial charge in [0.25, 0.3) is 0 Å². The third-order valence-electron chi connectivity index (χ3n) is 4.55. The van der Waals surface area contributed by atoms with Crippen molar-refractivity contribution in [3.63, 3.8) is 0 Å². The molecule has 0 amide bonds. The number of unbranched alkanes of at least 4 members (excludes halogenated alkanes) is 9. The van der Waals surface area contributed by atoms with Gasteiger partial charge in [0.05, 0.1) is 0 Å². The van der Waals surface area contributed by atoms with Gasteiger partial charge in [-0.2, -0.15) is 0 Å². The minimum Gasteiger partial charge on any atom is -0.107 e. The molecular formula is C19H38Si. The zero-order valence-electron chi connectivity index (χ0n) is 14.3. The molecule has 0 aliphatic heterocycles. The van der Waals surface area contributed by atoms with Crippen molar-refractivity contribution in [2.45, 2.75) is 96.6 Å². The maximum Gasteiger partial charge on any atom is 0.100 e. The molecule has 118 valence electrons. The van der Waals surface area contributed by atoms with E-state index in [4.69, 9.17) is 0 Å². The molecule has 0 spiro atoms. The van der Waals surface area contributed by atoms with Crippen LogP contribution in [-0.2, 0) is 0 Å². The summed E-state index contributed by atoms with van der Waals surface area (Å²) in [7, 11) is -1.34. The average Bonchev–Trinajstić information content (AvgIpc) is 2.49. The van der Waals surface area contributed by atoms with Gasteiger partial charge in [0.2, 0.25) is 0 Å². The fourth-order valence-corrected chi connectivity index (χ4v) is 5.96. The smallest absolute Gasteiger partial charge is 0.100 e. The van der Waals surface area contributed by atoms with Crippen LogP contribution in [0.25, 0.3) is 0 Å². The maximum absolute atomic E-state index is 4.13. The second-order valence-electron chi connectivity index (χ2n) is 6.32. The Balaban J connectivity index is 3.82. The summed E-state index contributed by atoms with van der Waals surface area (Å²) in [5.74, 6) is 0. The summed E-state index contributed by atoms with van der Waals surface area (Å²) >= 11 is 0. The molecule has 0 aromatic carbocycles. The van der Waals surface area contributed by atoms with Crippen LogP contribution in [0.1, 0.15) is 84.5 Å². The van der Waals surface area contributed by atoms with Gasteiger partial charge in [-0.1, -0.05) is 108 Å². The molecule has 0 atom stereocenters. The number of rotatable bonds is 15. The lowest BCUT2D eigenvalue weighted by atomic mass is 10.1. The van der Waals surface area contributed by atoms with Crippen LogP contribution in [0.3, 0.4) is 0 Å². The molecule has 0 heterocycles. The van der Waals surface area contributed by atoms with E-state index in [2.05, 4.69) is 38.4 Å². The summed E-state index contributed by atoms with van der Waals surface area (Å²) in [5, 5.41) is 0. The zero-order chi connectivity index (χ0) is 15.1. The predicted molar refractivity (Wildman–Crippen MR) is 97.9 cm³/mol. The van der Waals surface area contributed by atoms with E-state index in [0.29, 0.717) is 0 Å². The van der Waals surface area contributed by atoms with Crippen LogP contribution in [0.2, 0.25) is 12.1 Å². The first-order chi connectivity index (χ1) is 9.74. The Morgan fingerprint density at radius 2 is 0.950 bits per heavy atom. The maximum atomic E-state index is 4.13. The summed E-state index contributed by atoms with van der Waals surface area (Å²) in [6, 6.07) is 2.77. The average molecular weight is 295 g/mol. The van der Waals surface area contributed by atoms with Crippen molar-refractivity contribution >= 4 is 8.07 Å². The van der Waals surface area contributed by atoms with E-state index in [-0.39, 0.29) is 0 Å². The van der Waals surface area contributed by atoms with Gasteiger partial charge in [0.15, 0.2) is 0 Å². The summed E-state index contributed by atoms with van der Waals surface area (Å²) in [4.78, 5) is 0. The van der Waals surface area contributed by atoms with E-state index in [1.54, 1.807) is 0 Å². The highest BCUT2D eigenvalue weighted by molar-refractivity contribution is 6.88. The molecule has 1 heteroatoms. The predicted octanol–water partition coefficient (Wildman–Crippen LogP) is 7.22. The highest BCUT2D eigenvalue weighted by Crippen LogP contribution is 2.25. The van der Waals surface area contributed by atoms with Crippen LogP contribution in [0.5, 0.6) is 0 Å². The molecule has 20 heavy (non-hydrogen) atoms. The van der Waals surface area contributed by atoms with Gasteiger partial charge in [-0.05, 0) is 0 Å². The van der Waals surface area contributed by atoms with Gasteiger partial charge in [0.1, 0.15) is 8.07 Å². The molecule has 0 bridgehead atoms. The van der Waals surface area contributed by atoms with Crippen molar-refractivity contribution in [1.29, 1.82) is 0 Å². The van der Waals surface area contributed by atoms with Crippen LogP contribution in [0.4, 0.5) is 0 Å². The quantitative estimate of drug-likeness (QED) is 0.221. The summed E-state index contributed by atoms with van der Waals surface area (Å²) < 4.78 is 0. The molecule has 0 radical (unpaired) electrons. The van der Waals surface area contributed by atoms with Crippen molar-refractivity contribution < 1.29 is 0 Å². The van der Waals surface area contributed by atoms with Crippen molar-refractivity contribution in [1.82, 2.24) is 0 Å². The Morgan fingerprint density at radius 1 is 0.600 bits per heavy atom. The van der Waals surface area contributed by atoms with Gasteiger partial charge in [0, 0.05) is 0 Å². The Morgan fingerprint density at radius 3 is 1.35 bits per heavy atom. The van der Waals surface area contributed by atoms with E-state index in [0.717, 1.165) is 0 Å². The zero-order valence-corrected chi connectivity index (χ0v) is 15.3. The van der Waals surface area contributed by atoms with Gasteiger partial charge in [-0.15, -0.1) is 13.2 Å². The highest BCUT2D eigenvalue weighted by Gasteiger charge is 2.24. The summed E-state index contributed by atoms with van der Waals surface area (Å²) in [5.41, 5.74) is 4.59. The van der Waals surface area contributed by atoms with Crippen molar-refractivity contribution in [2.75, 3.05) is 0 Å². The van der Waals surface area contributed by atoms with E-state index >= 15 is 0 Å². The molecule has 0 fully saturated rings. The van der Waals surface area contributed by atoms with E-state index in [1.807, 2.05) is 0 Å². The summed E-state index contributed by atoms with van der Waals surface area (Å²) in [6.07, 6.45) is 15.3. The minimum absolute atomic E-state index is 1.33. The lowest BCUT2D eigenvalue weighted by Crippen LogP contribution is -2.29. The van der Waals surface area contributed by atoms with E-state index in [1.165, 1.54) is 82.7 Å². The van der Waals surface area contributed by atoms with Gasteiger partial charge < -0.3 is 0 Å². The number of hydrogen-bond donors (Lipinski definition) is 0. The molecule has 0 rings (SSSR count). The van der Waals surface area contributed by atoms with Crippen LogP contribution in [0.15, 0.2) is 24.6 Å². The van der Waals surface area contributed by atoms with Crippen LogP contribution in [0, 0.1) is 0 Å². The first-order valence-corrected chi connectivity index (χ1v) is 11.6. The van der Waals surface area contributed by atoms with Crippen LogP contribution < -0.4 is 0 Å². The molecule has 0 N–H and O–H groups in total. The lowest BCUT2D eigenvalue weighted by molar-refractivity contribution is 0.600. The Kier molecular flexibility index (Phi) is 13.5. The SMILES string of the molecule is C=C[Si](C=C)(CCCCCC)CCCCCCCCC. The van der Waals surface area contributed by atoms with Crippen molar-refractivity contribution in [2.24, 2.45) is 0 Å². The largest absolute Gasteiger partial charge is 0.107 e. The standard InChI is InChI=1S/C19H38Si/c1-5-9-11-13-14-15-17-19-20(7-3,8-4)18-16-12-10-6-2/h7-8H,3-6,9-19H2,1-2H3. The monoisotopic (exact) mass is 294 g/mol. The fraction of sp³-hybridized carbons (Fsp3) is 0.789. The first kappa shape index (κ1) is 19.7. The molecule has 0 saturated carbocycles.